The van der Waals surface area contributed by atoms with Crippen molar-refractivity contribution in [3.8, 4) is 0 Å². The van der Waals surface area contributed by atoms with Crippen LogP contribution in [0.5, 0.6) is 0 Å². The van der Waals surface area contributed by atoms with Crippen LogP contribution < -0.4 is 5.43 Å². The molecule has 4 rings (SSSR count). The predicted molar refractivity (Wildman–Crippen MR) is 94.4 cm³/mol. The highest BCUT2D eigenvalue weighted by molar-refractivity contribution is 6.02. The Morgan fingerprint density at radius 2 is 1.13 bits per heavy atom. The first kappa shape index (κ1) is 13.8. The third-order valence-electron chi connectivity index (χ3n) is 4.45. The third-order valence-corrected chi connectivity index (χ3v) is 4.45. The number of hydrogen-bond donors (Lipinski definition) is 1. The van der Waals surface area contributed by atoms with Gasteiger partial charge in [-0.2, -0.15) is 5.10 Å². The van der Waals surface area contributed by atoms with Gasteiger partial charge >= 0.3 is 0 Å². The maximum Gasteiger partial charge on any atom is 0.110 e. The van der Waals surface area contributed by atoms with Crippen LogP contribution in [0.4, 0.5) is 0 Å². The summed E-state index contributed by atoms with van der Waals surface area (Å²) in [5.41, 5.74) is 7.89. The molecule has 0 atom stereocenters. The van der Waals surface area contributed by atoms with Crippen molar-refractivity contribution in [2.45, 2.75) is 12.0 Å². The second-order valence-corrected chi connectivity index (χ2v) is 5.85. The summed E-state index contributed by atoms with van der Waals surface area (Å²) in [6, 6.07) is 31.5. The van der Waals surface area contributed by atoms with E-state index in [1.54, 1.807) is 0 Å². The highest BCUT2D eigenvalue weighted by Gasteiger charge is 2.39. The van der Waals surface area contributed by atoms with Crippen LogP contribution in [0.2, 0.25) is 0 Å². The molecule has 0 aliphatic carbocycles. The zero-order valence-corrected chi connectivity index (χ0v) is 12.8. The topological polar surface area (TPSA) is 24.4 Å². The molecule has 0 unspecified atom stereocenters. The van der Waals surface area contributed by atoms with Crippen molar-refractivity contribution in [2.24, 2.45) is 5.10 Å². The number of nitrogens with one attached hydrogen (secondary N) is 1. The smallest absolute Gasteiger partial charge is 0.110 e. The highest BCUT2D eigenvalue weighted by atomic mass is 15.4. The third kappa shape index (κ3) is 2.42. The lowest BCUT2D eigenvalue weighted by Crippen LogP contribution is -2.37. The maximum atomic E-state index is 4.68. The molecular formula is C21H18N2. The molecule has 3 aromatic carbocycles. The molecule has 0 saturated carbocycles. The second-order valence-electron chi connectivity index (χ2n) is 5.85. The Morgan fingerprint density at radius 1 is 0.652 bits per heavy atom. The van der Waals surface area contributed by atoms with Gasteiger partial charge in [0.25, 0.3) is 0 Å². The molecule has 0 fully saturated rings. The van der Waals surface area contributed by atoms with E-state index in [0.29, 0.717) is 0 Å². The first-order valence-corrected chi connectivity index (χ1v) is 7.89. The van der Waals surface area contributed by atoms with Gasteiger partial charge in [0.1, 0.15) is 5.54 Å². The van der Waals surface area contributed by atoms with E-state index in [1.807, 2.05) is 6.07 Å². The van der Waals surface area contributed by atoms with Gasteiger partial charge in [-0.1, -0.05) is 91.0 Å². The fourth-order valence-corrected chi connectivity index (χ4v) is 3.24. The molecule has 2 heteroatoms. The molecular weight excluding hydrogens is 280 g/mol. The lowest BCUT2D eigenvalue weighted by molar-refractivity contribution is 0.460. The molecule has 0 aromatic heterocycles. The van der Waals surface area contributed by atoms with Crippen molar-refractivity contribution >= 4 is 5.71 Å². The van der Waals surface area contributed by atoms with E-state index in [-0.39, 0.29) is 5.54 Å². The summed E-state index contributed by atoms with van der Waals surface area (Å²) < 4.78 is 0. The minimum atomic E-state index is -0.298. The van der Waals surface area contributed by atoms with Gasteiger partial charge in [-0.3, -0.25) is 5.43 Å². The Bertz CT molecular complexity index is 769. The van der Waals surface area contributed by atoms with Crippen LogP contribution >= 0.6 is 0 Å². The summed E-state index contributed by atoms with van der Waals surface area (Å²) in [5.74, 6) is 0. The van der Waals surface area contributed by atoms with Crippen molar-refractivity contribution in [2.75, 3.05) is 0 Å². The molecule has 0 saturated heterocycles. The van der Waals surface area contributed by atoms with E-state index >= 15 is 0 Å². The predicted octanol–water partition coefficient (Wildman–Crippen LogP) is 4.33. The minimum absolute atomic E-state index is 0.298. The van der Waals surface area contributed by atoms with Crippen molar-refractivity contribution in [1.29, 1.82) is 0 Å². The van der Waals surface area contributed by atoms with Gasteiger partial charge in [0, 0.05) is 6.42 Å². The molecule has 0 radical (unpaired) electrons. The molecule has 1 aliphatic heterocycles. The first-order chi connectivity index (χ1) is 11.4. The largest absolute Gasteiger partial charge is 0.294 e. The molecule has 1 heterocycles. The zero-order chi connectivity index (χ0) is 15.5. The van der Waals surface area contributed by atoms with E-state index in [9.17, 15) is 0 Å². The van der Waals surface area contributed by atoms with Crippen LogP contribution in [0.3, 0.4) is 0 Å². The molecule has 112 valence electrons. The number of hydrazone groups is 1. The average Bonchev–Trinajstić information content (AvgIpc) is 3.11. The fraction of sp³-hybridized carbons (Fsp3) is 0.0952. The summed E-state index contributed by atoms with van der Waals surface area (Å²) in [6.45, 7) is 0. The number of nitrogens with zero attached hydrogens (tertiary/aromatic N) is 1. The van der Waals surface area contributed by atoms with E-state index in [0.717, 1.165) is 12.1 Å². The van der Waals surface area contributed by atoms with Gasteiger partial charge in [-0.05, 0) is 16.7 Å². The van der Waals surface area contributed by atoms with Gasteiger partial charge in [0.2, 0.25) is 0 Å². The van der Waals surface area contributed by atoms with Gasteiger partial charge in [0.05, 0.1) is 5.71 Å². The molecule has 23 heavy (non-hydrogen) atoms. The average molecular weight is 298 g/mol. The van der Waals surface area contributed by atoms with Crippen LogP contribution in [-0.4, -0.2) is 5.71 Å². The van der Waals surface area contributed by atoms with Crippen LogP contribution in [-0.2, 0) is 5.54 Å². The van der Waals surface area contributed by atoms with E-state index in [1.165, 1.54) is 16.7 Å². The van der Waals surface area contributed by atoms with E-state index < -0.39 is 0 Å². The Hall–Kier alpha value is -2.87. The van der Waals surface area contributed by atoms with Crippen molar-refractivity contribution in [1.82, 2.24) is 5.43 Å². The summed E-state index contributed by atoms with van der Waals surface area (Å²) >= 11 is 0. The minimum Gasteiger partial charge on any atom is -0.294 e. The normalized spacial score (nSPS) is 15.7. The van der Waals surface area contributed by atoms with Gasteiger partial charge in [0.15, 0.2) is 0 Å². The van der Waals surface area contributed by atoms with Crippen LogP contribution in [0.25, 0.3) is 0 Å². The summed E-state index contributed by atoms with van der Waals surface area (Å²) in [4.78, 5) is 0. The monoisotopic (exact) mass is 298 g/mol. The Labute approximate surface area is 136 Å². The van der Waals surface area contributed by atoms with E-state index in [2.05, 4.69) is 95.5 Å². The molecule has 1 aliphatic rings. The maximum absolute atomic E-state index is 4.68. The lowest BCUT2D eigenvalue weighted by atomic mass is 9.79. The van der Waals surface area contributed by atoms with Crippen LogP contribution in [0, 0.1) is 0 Å². The number of rotatable bonds is 3. The van der Waals surface area contributed by atoms with Gasteiger partial charge in [-0.25, -0.2) is 0 Å². The van der Waals surface area contributed by atoms with Crippen molar-refractivity contribution < 1.29 is 0 Å². The Kier molecular flexibility index (Phi) is 3.43. The van der Waals surface area contributed by atoms with Crippen molar-refractivity contribution in [3.63, 3.8) is 0 Å². The standard InChI is InChI=1S/C21H18N2/c1-4-10-17(11-5-1)20-16-21(23-22-20,18-12-6-2-7-13-18)19-14-8-3-9-15-19/h1-15,23H,16H2. The molecule has 0 bridgehead atoms. The van der Waals surface area contributed by atoms with Crippen molar-refractivity contribution in [3.05, 3.63) is 108 Å². The van der Waals surface area contributed by atoms with Gasteiger partial charge < -0.3 is 0 Å². The lowest BCUT2D eigenvalue weighted by Gasteiger charge is -2.30. The second kappa shape index (κ2) is 5.73. The molecule has 2 nitrogen and oxygen atoms in total. The molecule has 1 N–H and O–H groups in total. The van der Waals surface area contributed by atoms with Gasteiger partial charge in [-0.15, -0.1) is 0 Å². The molecule has 0 amide bonds. The van der Waals surface area contributed by atoms with E-state index in [4.69, 9.17) is 0 Å². The fourth-order valence-electron chi connectivity index (χ4n) is 3.24. The Balaban J connectivity index is 1.78. The molecule has 3 aromatic rings. The summed E-state index contributed by atoms with van der Waals surface area (Å²) in [7, 11) is 0. The molecule has 0 spiro atoms. The van der Waals surface area contributed by atoms with Crippen LogP contribution in [0.1, 0.15) is 23.1 Å². The van der Waals surface area contributed by atoms with Crippen LogP contribution in [0.15, 0.2) is 96.1 Å². The number of benzene rings is 3. The highest BCUT2D eigenvalue weighted by Crippen LogP contribution is 2.37. The first-order valence-electron chi connectivity index (χ1n) is 7.89. The zero-order valence-electron chi connectivity index (χ0n) is 12.8. The quantitative estimate of drug-likeness (QED) is 0.765. The number of hydrogen-bond acceptors (Lipinski definition) is 2. The summed E-state index contributed by atoms with van der Waals surface area (Å²) in [6.07, 6.45) is 0.838. The Morgan fingerprint density at radius 3 is 1.65 bits per heavy atom. The summed E-state index contributed by atoms with van der Waals surface area (Å²) in [5, 5.41) is 4.68. The SMILES string of the molecule is c1ccc(C2=NNC(c3ccccc3)(c3ccccc3)C2)cc1.